The van der Waals surface area contributed by atoms with Crippen molar-refractivity contribution in [2.24, 2.45) is 5.92 Å². The lowest BCUT2D eigenvalue weighted by molar-refractivity contribution is -0.117. The van der Waals surface area contributed by atoms with E-state index < -0.39 is 39.9 Å². The number of fused-ring (bicyclic) bond motifs is 1. The van der Waals surface area contributed by atoms with Crippen LogP contribution in [0.5, 0.6) is 5.75 Å². The van der Waals surface area contributed by atoms with E-state index in [2.05, 4.69) is 0 Å². The van der Waals surface area contributed by atoms with Gasteiger partial charge in [-0.05, 0) is 55.2 Å². The second kappa shape index (κ2) is 5.84. The molecular formula is C16H19FN2O5S. The zero-order valence-corrected chi connectivity index (χ0v) is 14.3. The lowest BCUT2D eigenvalue weighted by Gasteiger charge is -2.27. The van der Waals surface area contributed by atoms with E-state index in [1.807, 2.05) is 0 Å². The summed E-state index contributed by atoms with van der Waals surface area (Å²) in [7, 11) is -4.17. The van der Waals surface area contributed by atoms with Crippen LogP contribution in [0.3, 0.4) is 0 Å². The van der Waals surface area contributed by atoms with Gasteiger partial charge < -0.3 is 9.84 Å². The normalized spacial score (nSPS) is 24.9. The van der Waals surface area contributed by atoms with Crippen LogP contribution in [0.15, 0.2) is 6.07 Å². The van der Waals surface area contributed by atoms with Crippen molar-refractivity contribution in [3.05, 3.63) is 23.0 Å². The quantitative estimate of drug-likeness (QED) is 0.824. The van der Waals surface area contributed by atoms with Crippen molar-refractivity contribution in [1.29, 1.82) is 0 Å². The van der Waals surface area contributed by atoms with Crippen LogP contribution in [0.4, 0.5) is 10.1 Å². The van der Waals surface area contributed by atoms with E-state index >= 15 is 0 Å². The average Bonchev–Trinajstić information content (AvgIpc) is 3.31. The van der Waals surface area contributed by atoms with Crippen molar-refractivity contribution in [2.45, 2.75) is 38.2 Å². The molecule has 0 spiro atoms. The first-order valence-corrected chi connectivity index (χ1v) is 9.77. The number of benzene rings is 1. The van der Waals surface area contributed by atoms with Gasteiger partial charge in [-0.1, -0.05) is 0 Å². The van der Waals surface area contributed by atoms with Crippen LogP contribution in [-0.2, 0) is 32.6 Å². The van der Waals surface area contributed by atoms with Crippen LogP contribution < -0.4 is 9.03 Å². The number of nitrogens with one attached hydrogen (secondary N) is 1. The zero-order chi connectivity index (χ0) is 17.8. The molecule has 1 heterocycles. The highest BCUT2D eigenvalue weighted by Crippen LogP contribution is 2.40. The van der Waals surface area contributed by atoms with Crippen molar-refractivity contribution in [3.63, 3.8) is 0 Å². The van der Waals surface area contributed by atoms with E-state index in [4.69, 9.17) is 4.74 Å². The number of carbonyl (C=O) groups is 1. The minimum atomic E-state index is -4.17. The van der Waals surface area contributed by atoms with E-state index in [0.717, 1.165) is 0 Å². The van der Waals surface area contributed by atoms with Crippen LogP contribution in [-0.4, -0.2) is 38.7 Å². The lowest BCUT2D eigenvalue weighted by atomic mass is 9.88. The number of amides is 1. The standard InChI is InChI=1S/C16H19FN2O5S/c17-15-12-4-3-11(24-8-9-1-2-9)5-10(12)6-13(20)16(15)19-7-14(21)18-25(19,22)23/h6,9,11,20H,1-5,7-8H2,(H,18,21). The highest BCUT2D eigenvalue weighted by molar-refractivity contribution is 7.92. The van der Waals surface area contributed by atoms with Crippen molar-refractivity contribution >= 4 is 21.8 Å². The number of hydrogen-bond donors (Lipinski definition) is 2. The van der Waals surface area contributed by atoms with Gasteiger partial charge in [0, 0.05) is 6.61 Å². The van der Waals surface area contributed by atoms with E-state index in [0.29, 0.717) is 47.2 Å². The molecule has 1 amide bonds. The fourth-order valence-electron chi connectivity index (χ4n) is 3.40. The highest BCUT2D eigenvalue weighted by Gasteiger charge is 2.39. The molecule has 1 unspecified atom stereocenters. The summed E-state index contributed by atoms with van der Waals surface area (Å²) in [4.78, 5) is 11.4. The van der Waals surface area contributed by atoms with E-state index in [1.54, 1.807) is 4.72 Å². The highest BCUT2D eigenvalue weighted by atomic mass is 32.2. The van der Waals surface area contributed by atoms with Gasteiger partial charge in [0.2, 0.25) is 0 Å². The van der Waals surface area contributed by atoms with Gasteiger partial charge in [0.25, 0.3) is 5.91 Å². The van der Waals surface area contributed by atoms with Crippen LogP contribution >= 0.6 is 0 Å². The molecule has 1 aliphatic heterocycles. The van der Waals surface area contributed by atoms with Crippen LogP contribution in [0.25, 0.3) is 0 Å². The molecule has 25 heavy (non-hydrogen) atoms. The number of anilines is 1. The summed E-state index contributed by atoms with van der Waals surface area (Å²) >= 11 is 0. The molecule has 1 aromatic rings. The molecule has 2 aliphatic carbocycles. The Labute approximate surface area is 145 Å². The van der Waals surface area contributed by atoms with Gasteiger partial charge >= 0.3 is 10.2 Å². The van der Waals surface area contributed by atoms with Gasteiger partial charge in [-0.25, -0.2) is 13.4 Å². The van der Waals surface area contributed by atoms with Crippen molar-refractivity contribution < 1.29 is 27.4 Å². The van der Waals surface area contributed by atoms with E-state index in [1.165, 1.54) is 18.9 Å². The molecule has 1 saturated heterocycles. The Morgan fingerprint density at radius 1 is 1.36 bits per heavy atom. The van der Waals surface area contributed by atoms with Crippen molar-refractivity contribution in [3.8, 4) is 5.75 Å². The number of rotatable bonds is 4. The van der Waals surface area contributed by atoms with Crippen molar-refractivity contribution in [2.75, 3.05) is 17.5 Å². The van der Waals surface area contributed by atoms with Gasteiger partial charge in [-0.2, -0.15) is 8.42 Å². The number of ether oxygens (including phenoxy) is 1. The third-order valence-corrected chi connectivity index (χ3v) is 6.29. The molecule has 136 valence electrons. The number of carbonyl (C=O) groups excluding carboxylic acids is 1. The number of aromatic hydroxyl groups is 1. The molecule has 7 nitrogen and oxygen atoms in total. The molecule has 1 aromatic carbocycles. The van der Waals surface area contributed by atoms with Crippen LogP contribution in [0, 0.1) is 11.7 Å². The summed E-state index contributed by atoms with van der Waals surface area (Å²) < 4.78 is 47.1. The molecule has 1 atom stereocenters. The van der Waals surface area contributed by atoms with E-state index in [-0.39, 0.29) is 6.10 Å². The second-order valence-electron chi connectivity index (χ2n) is 6.87. The molecule has 0 aromatic heterocycles. The third-order valence-electron chi connectivity index (χ3n) is 4.91. The molecule has 2 N–H and O–H groups in total. The molecular weight excluding hydrogens is 351 g/mol. The molecule has 3 aliphatic rings. The summed E-state index contributed by atoms with van der Waals surface area (Å²) in [5, 5.41) is 10.2. The second-order valence-corrected chi connectivity index (χ2v) is 8.47. The summed E-state index contributed by atoms with van der Waals surface area (Å²) in [5.74, 6) is -1.39. The Kier molecular flexibility index (Phi) is 3.88. The first kappa shape index (κ1) is 16.6. The number of phenols is 1. The third kappa shape index (κ3) is 3.06. The van der Waals surface area contributed by atoms with Crippen LogP contribution in [0.1, 0.15) is 30.4 Å². The summed E-state index contributed by atoms with van der Waals surface area (Å²) in [6, 6.07) is 1.39. The minimum Gasteiger partial charge on any atom is -0.506 e. The molecule has 9 heteroatoms. The predicted molar refractivity (Wildman–Crippen MR) is 87.0 cm³/mol. The summed E-state index contributed by atoms with van der Waals surface area (Å²) in [6.07, 6.45) is 3.90. The average molecular weight is 370 g/mol. The summed E-state index contributed by atoms with van der Waals surface area (Å²) in [6.45, 7) is 0.172. The largest absolute Gasteiger partial charge is 0.506 e. The molecule has 2 fully saturated rings. The van der Waals surface area contributed by atoms with Crippen LogP contribution in [0.2, 0.25) is 0 Å². The lowest BCUT2D eigenvalue weighted by Crippen LogP contribution is -2.31. The first-order valence-electron chi connectivity index (χ1n) is 8.33. The fraction of sp³-hybridized carbons (Fsp3) is 0.562. The van der Waals surface area contributed by atoms with Gasteiger partial charge in [-0.15, -0.1) is 0 Å². The SMILES string of the molecule is O=C1CN(c2c(O)cc3c(c2F)CCC(OCC2CC2)C3)S(=O)(=O)N1. The Morgan fingerprint density at radius 3 is 2.76 bits per heavy atom. The smallest absolute Gasteiger partial charge is 0.326 e. The number of phenolic OH excluding ortho intramolecular Hbond substituents is 1. The summed E-state index contributed by atoms with van der Waals surface area (Å²) in [5.41, 5.74) is 0.546. The molecule has 1 saturated carbocycles. The zero-order valence-electron chi connectivity index (χ0n) is 13.5. The Bertz CT molecular complexity index is 837. The minimum absolute atomic E-state index is 0.0171. The maximum atomic E-state index is 14.9. The number of nitrogens with zero attached hydrogens (tertiary/aromatic N) is 1. The van der Waals surface area contributed by atoms with Gasteiger partial charge in [-0.3, -0.25) is 4.79 Å². The molecule has 0 bridgehead atoms. The monoisotopic (exact) mass is 370 g/mol. The predicted octanol–water partition coefficient (Wildman–Crippen LogP) is 0.996. The van der Waals surface area contributed by atoms with E-state index in [9.17, 15) is 22.7 Å². The van der Waals surface area contributed by atoms with Gasteiger partial charge in [0.1, 0.15) is 18.0 Å². The van der Waals surface area contributed by atoms with Gasteiger partial charge in [0.15, 0.2) is 5.82 Å². The molecule has 4 rings (SSSR count). The topological polar surface area (TPSA) is 95.9 Å². The van der Waals surface area contributed by atoms with Gasteiger partial charge in [0.05, 0.1) is 6.10 Å². The Balaban J connectivity index is 1.63. The maximum absolute atomic E-state index is 14.9. The molecule has 0 radical (unpaired) electrons. The first-order chi connectivity index (χ1) is 11.8. The fourth-order valence-corrected chi connectivity index (χ4v) is 4.57. The number of hydrogen-bond acceptors (Lipinski definition) is 5. The maximum Gasteiger partial charge on any atom is 0.326 e. The Morgan fingerprint density at radius 2 is 2.12 bits per heavy atom. The Hall–Kier alpha value is -1.87. The van der Waals surface area contributed by atoms with Crippen molar-refractivity contribution in [1.82, 2.24) is 4.72 Å². The number of halogens is 1.